The lowest BCUT2D eigenvalue weighted by molar-refractivity contribution is 0.251. The Labute approximate surface area is 116 Å². The Morgan fingerprint density at radius 1 is 1.26 bits per heavy atom. The molecule has 3 heteroatoms. The summed E-state index contributed by atoms with van der Waals surface area (Å²) in [7, 11) is 0. The van der Waals surface area contributed by atoms with E-state index in [1.54, 1.807) is 0 Å². The highest BCUT2D eigenvalue weighted by molar-refractivity contribution is 5.08. The Bertz CT molecular complexity index is 392. The van der Waals surface area contributed by atoms with Gasteiger partial charge in [0.15, 0.2) is 0 Å². The number of aromatic nitrogens is 2. The zero-order valence-corrected chi connectivity index (χ0v) is 12.1. The number of piperidine rings is 1. The molecular weight excluding hydrogens is 234 g/mol. The third-order valence-electron chi connectivity index (χ3n) is 5.09. The van der Waals surface area contributed by atoms with Crippen molar-refractivity contribution in [3.05, 3.63) is 18.2 Å². The van der Waals surface area contributed by atoms with Gasteiger partial charge in [-0.05, 0) is 38.1 Å². The van der Waals surface area contributed by atoms with Crippen LogP contribution in [0.5, 0.6) is 0 Å². The molecule has 106 valence electrons. The number of hydrogen-bond acceptors (Lipinski definition) is 2. The van der Waals surface area contributed by atoms with E-state index >= 15 is 0 Å². The first-order chi connectivity index (χ1) is 9.38. The highest BCUT2D eigenvalue weighted by Crippen LogP contribution is 2.36. The van der Waals surface area contributed by atoms with E-state index in [1.165, 1.54) is 57.1 Å². The Balaban J connectivity index is 1.75. The number of hydrogen-bond donors (Lipinski definition) is 1. The maximum Gasteiger partial charge on any atom is 0.0951 e. The van der Waals surface area contributed by atoms with Crippen LogP contribution in [0.1, 0.15) is 76.1 Å². The molecule has 3 unspecified atom stereocenters. The molecule has 3 rings (SSSR count). The van der Waals surface area contributed by atoms with Gasteiger partial charge in [0.1, 0.15) is 0 Å². The van der Waals surface area contributed by atoms with Gasteiger partial charge in [-0.15, -0.1) is 0 Å². The summed E-state index contributed by atoms with van der Waals surface area (Å²) in [5.41, 5.74) is 1.43. The first-order valence-electron chi connectivity index (χ1n) is 8.13. The largest absolute Gasteiger partial charge is 0.330 e. The van der Waals surface area contributed by atoms with Crippen molar-refractivity contribution in [2.24, 2.45) is 5.92 Å². The second-order valence-corrected chi connectivity index (χ2v) is 6.32. The molecule has 1 aliphatic heterocycles. The second-order valence-electron chi connectivity index (χ2n) is 6.32. The van der Waals surface area contributed by atoms with Crippen LogP contribution in [0, 0.1) is 5.92 Å². The van der Waals surface area contributed by atoms with E-state index in [0.717, 1.165) is 12.5 Å². The molecule has 2 aliphatic rings. The van der Waals surface area contributed by atoms with E-state index in [1.807, 2.05) is 0 Å². The number of imidazole rings is 1. The van der Waals surface area contributed by atoms with E-state index < -0.39 is 0 Å². The van der Waals surface area contributed by atoms with Crippen molar-refractivity contribution < 1.29 is 0 Å². The highest BCUT2D eigenvalue weighted by atomic mass is 15.1. The topological polar surface area (TPSA) is 29.9 Å². The van der Waals surface area contributed by atoms with Crippen molar-refractivity contribution in [1.29, 1.82) is 0 Å². The van der Waals surface area contributed by atoms with E-state index in [-0.39, 0.29) is 0 Å². The standard InChI is InChI=1S/C16H27N3/c1-2-13-6-5-7-14(10-13)19-12-17-11-16(19)15-8-3-4-9-18-15/h11-15,18H,2-10H2,1H3. The van der Waals surface area contributed by atoms with Crippen molar-refractivity contribution in [2.45, 2.75) is 70.4 Å². The summed E-state index contributed by atoms with van der Waals surface area (Å²) >= 11 is 0. The normalized spacial score (nSPS) is 32.4. The van der Waals surface area contributed by atoms with Gasteiger partial charge in [-0.2, -0.15) is 0 Å². The van der Waals surface area contributed by atoms with E-state index in [4.69, 9.17) is 0 Å². The summed E-state index contributed by atoms with van der Waals surface area (Å²) in [6.07, 6.45) is 15.0. The molecule has 3 atom stereocenters. The molecule has 2 heterocycles. The van der Waals surface area contributed by atoms with Crippen LogP contribution in [0.25, 0.3) is 0 Å². The lowest BCUT2D eigenvalue weighted by Gasteiger charge is -2.32. The molecule has 1 saturated carbocycles. The smallest absolute Gasteiger partial charge is 0.0951 e. The van der Waals surface area contributed by atoms with Crippen LogP contribution >= 0.6 is 0 Å². The Hall–Kier alpha value is -0.830. The minimum Gasteiger partial charge on any atom is -0.330 e. The van der Waals surface area contributed by atoms with Crippen molar-refractivity contribution in [1.82, 2.24) is 14.9 Å². The molecular formula is C16H27N3. The quantitative estimate of drug-likeness (QED) is 0.896. The third kappa shape index (κ3) is 2.86. The van der Waals surface area contributed by atoms with E-state index in [2.05, 4.69) is 34.3 Å². The highest BCUT2D eigenvalue weighted by Gasteiger charge is 2.26. The zero-order chi connectivity index (χ0) is 13.1. The van der Waals surface area contributed by atoms with Crippen molar-refractivity contribution in [3.63, 3.8) is 0 Å². The zero-order valence-electron chi connectivity index (χ0n) is 12.1. The first-order valence-corrected chi connectivity index (χ1v) is 8.13. The SMILES string of the molecule is CCC1CCCC(n2cncc2C2CCCCN2)C1. The fraction of sp³-hybridized carbons (Fsp3) is 0.812. The van der Waals surface area contributed by atoms with Crippen LogP contribution in [0.2, 0.25) is 0 Å². The maximum absolute atomic E-state index is 4.45. The number of nitrogens with zero attached hydrogens (tertiary/aromatic N) is 2. The van der Waals surface area contributed by atoms with Gasteiger partial charge < -0.3 is 9.88 Å². The maximum atomic E-state index is 4.45. The summed E-state index contributed by atoms with van der Waals surface area (Å²) in [6.45, 7) is 3.50. The van der Waals surface area contributed by atoms with Crippen LogP contribution in [-0.4, -0.2) is 16.1 Å². The molecule has 2 fully saturated rings. The predicted molar refractivity (Wildman–Crippen MR) is 78.1 cm³/mol. The van der Waals surface area contributed by atoms with Crippen LogP contribution in [0.4, 0.5) is 0 Å². The van der Waals surface area contributed by atoms with E-state index in [9.17, 15) is 0 Å². The van der Waals surface area contributed by atoms with Crippen LogP contribution < -0.4 is 5.32 Å². The van der Waals surface area contributed by atoms with Gasteiger partial charge in [-0.25, -0.2) is 4.98 Å². The molecule has 1 aromatic rings. The lowest BCUT2D eigenvalue weighted by atomic mass is 9.84. The molecule has 0 radical (unpaired) electrons. The first kappa shape index (κ1) is 13.2. The van der Waals surface area contributed by atoms with Crippen molar-refractivity contribution >= 4 is 0 Å². The molecule has 19 heavy (non-hydrogen) atoms. The van der Waals surface area contributed by atoms with Gasteiger partial charge in [0.25, 0.3) is 0 Å². The summed E-state index contributed by atoms with van der Waals surface area (Å²) in [5, 5.41) is 3.67. The fourth-order valence-electron chi connectivity index (χ4n) is 3.88. The molecule has 3 nitrogen and oxygen atoms in total. The van der Waals surface area contributed by atoms with Gasteiger partial charge >= 0.3 is 0 Å². The van der Waals surface area contributed by atoms with E-state index in [0.29, 0.717) is 12.1 Å². The number of nitrogens with one attached hydrogen (secondary N) is 1. The third-order valence-corrected chi connectivity index (χ3v) is 5.09. The second kappa shape index (κ2) is 6.08. The summed E-state index contributed by atoms with van der Waals surface area (Å²) in [5.74, 6) is 0.924. The average molecular weight is 261 g/mol. The average Bonchev–Trinajstić information content (AvgIpc) is 2.98. The molecule has 1 aromatic heterocycles. The van der Waals surface area contributed by atoms with Gasteiger partial charge in [-0.1, -0.05) is 32.6 Å². The lowest BCUT2D eigenvalue weighted by Crippen LogP contribution is -2.30. The molecule has 0 amide bonds. The van der Waals surface area contributed by atoms with Gasteiger partial charge in [0, 0.05) is 18.3 Å². The minimum absolute atomic E-state index is 0.540. The number of rotatable bonds is 3. The summed E-state index contributed by atoms with van der Waals surface area (Å²) < 4.78 is 2.49. The summed E-state index contributed by atoms with van der Waals surface area (Å²) in [4.78, 5) is 4.45. The molecule has 1 aliphatic carbocycles. The van der Waals surface area contributed by atoms with Gasteiger partial charge in [0.2, 0.25) is 0 Å². The fourth-order valence-corrected chi connectivity index (χ4v) is 3.88. The Morgan fingerprint density at radius 3 is 3.00 bits per heavy atom. The molecule has 0 bridgehead atoms. The van der Waals surface area contributed by atoms with Crippen LogP contribution in [-0.2, 0) is 0 Å². The van der Waals surface area contributed by atoms with Crippen LogP contribution in [0.3, 0.4) is 0 Å². The molecule has 1 N–H and O–H groups in total. The molecule has 1 saturated heterocycles. The Kier molecular flexibility index (Phi) is 4.21. The van der Waals surface area contributed by atoms with Gasteiger partial charge in [0.05, 0.1) is 12.0 Å². The van der Waals surface area contributed by atoms with Gasteiger partial charge in [-0.3, -0.25) is 0 Å². The van der Waals surface area contributed by atoms with Crippen molar-refractivity contribution in [2.75, 3.05) is 6.54 Å². The monoisotopic (exact) mass is 261 g/mol. The minimum atomic E-state index is 0.540. The molecule has 0 aromatic carbocycles. The predicted octanol–water partition coefficient (Wildman–Crippen LogP) is 3.84. The summed E-state index contributed by atoms with van der Waals surface area (Å²) in [6, 6.07) is 1.23. The van der Waals surface area contributed by atoms with Crippen molar-refractivity contribution in [3.8, 4) is 0 Å². The van der Waals surface area contributed by atoms with Crippen LogP contribution in [0.15, 0.2) is 12.5 Å². The molecule has 0 spiro atoms. The Morgan fingerprint density at radius 2 is 2.21 bits per heavy atom.